The fourth-order valence-corrected chi connectivity index (χ4v) is 4.58. The maximum absolute atomic E-state index is 12.8. The number of phenols is 1. The molecule has 1 heterocycles. The number of nitrogens with zero attached hydrogens (tertiary/aromatic N) is 1. The summed E-state index contributed by atoms with van der Waals surface area (Å²) in [7, 11) is -3.84. The SMILES string of the molecule is CC(C(=O)Nc1ccc(S(N)(=O)=O)cc1)N1C(=O)/C(=C/c2ccccc2O)SC1=S. The van der Waals surface area contributed by atoms with E-state index < -0.39 is 27.9 Å². The number of hydrogen-bond donors (Lipinski definition) is 3. The topological polar surface area (TPSA) is 130 Å². The molecule has 1 fully saturated rings. The summed E-state index contributed by atoms with van der Waals surface area (Å²) < 4.78 is 22.8. The Morgan fingerprint density at radius 3 is 2.47 bits per heavy atom. The third-order valence-corrected chi connectivity index (χ3v) is 6.52. The van der Waals surface area contributed by atoms with Crippen molar-refractivity contribution in [1.29, 1.82) is 0 Å². The summed E-state index contributed by atoms with van der Waals surface area (Å²) in [6.07, 6.45) is 1.52. The van der Waals surface area contributed by atoms with Crippen LogP contribution in [0.25, 0.3) is 6.08 Å². The van der Waals surface area contributed by atoms with Crippen LogP contribution in [0.3, 0.4) is 0 Å². The number of primary sulfonamides is 1. The van der Waals surface area contributed by atoms with E-state index in [1.54, 1.807) is 18.2 Å². The molecule has 1 aliphatic heterocycles. The minimum Gasteiger partial charge on any atom is -0.507 e. The lowest BCUT2D eigenvalue weighted by atomic mass is 10.2. The molecule has 2 aromatic carbocycles. The number of hydrogen-bond acceptors (Lipinski definition) is 7. The van der Waals surface area contributed by atoms with Crippen molar-refractivity contribution in [3.8, 4) is 5.75 Å². The van der Waals surface area contributed by atoms with Crippen LogP contribution in [0.4, 0.5) is 5.69 Å². The second kappa shape index (κ2) is 8.56. The van der Waals surface area contributed by atoms with Gasteiger partial charge in [0, 0.05) is 11.3 Å². The van der Waals surface area contributed by atoms with Crippen LogP contribution in [0.2, 0.25) is 0 Å². The lowest BCUT2D eigenvalue weighted by Crippen LogP contribution is -2.44. The van der Waals surface area contributed by atoms with Gasteiger partial charge < -0.3 is 10.4 Å². The van der Waals surface area contributed by atoms with Crippen molar-refractivity contribution in [3.05, 3.63) is 59.0 Å². The number of anilines is 1. The van der Waals surface area contributed by atoms with Crippen LogP contribution in [0.5, 0.6) is 5.75 Å². The number of para-hydroxylation sites is 1. The molecule has 8 nitrogen and oxygen atoms in total. The number of thioether (sulfide) groups is 1. The lowest BCUT2D eigenvalue weighted by molar-refractivity contribution is -0.129. The maximum Gasteiger partial charge on any atom is 0.266 e. The normalized spacial score (nSPS) is 16.7. The number of amides is 2. The van der Waals surface area contributed by atoms with E-state index in [4.69, 9.17) is 17.4 Å². The van der Waals surface area contributed by atoms with Crippen molar-refractivity contribution in [3.63, 3.8) is 0 Å². The summed E-state index contributed by atoms with van der Waals surface area (Å²) in [6, 6.07) is 11.0. The van der Waals surface area contributed by atoms with Gasteiger partial charge in [-0.25, -0.2) is 13.6 Å². The third-order valence-electron chi connectivity index (χ3n) is 4.26. The van der Waals surface area contributed by atoms with E-state index in [1.807, 2.05) is 0 Å². The molecule has 0 bridgehead atoms. The van der Waals surface area contributed by atoms with E-state index >= 15 is 0 Å². The summed E-state index contributed by atoms with van der Waals surface area (Å²) in [4.78, 5) is 26.8. The van der Waals surface area contributed by atoms with Gasteiger partial charge in [-0.15, -0.1) is 0 Å². The number of rotatable bonds is 5. The Kier molecular flexibility index (Phi) is 6.27. The van der Waals surface area contributed by atoms with Crippen molar-refractivity contribution in [2.45, 2.75) is 17.9 Å². The Labute approximate surface area is 182 Å². The number of sulfonamides is 1. The first kappa shape index (κ1) is 22.0. The standard InChI is InChI=1S/C19H17N3O5S3/c1-11(17(24)21-13-6-8-14(9-7-13)30(20,26)27)22-18(25)16(29-19(22)28)10-12-4-2-3-5-15(12)23/h2-11,23H,1H3,(H,21,24)(H2,20,26,27)/b16-10-. The van der Waals surface area contributed by atoms with Gasteiger partial charge in [-0.2, -0.15) is 0 Å². The Morgan fingerprint density at radius 1 is 1.23 bits per heavy atom. The van der Waals surface area contributed by atoms with Crippen molar-refractivity contribution in [2.24, 2.45) is 5.14 Å². The molecule has 0 aromatic heterocycles. The highest BCUT2D eigenvalue weighted by molar-refractivity contribution is 8.26. The van der Waals surface area contributed by atoms with Crippen LogP contribution in [0.1, 0.15) is 12.5 Å². The molecule has 1 aliphatic rings. The maximum atomic E-state index is 12.8. The fourth-order valence-electron chi connectivity index (χ4n) is 2.66. The number of carbonyl (C=O) groups excluding carboxylic acids is 2. The van der Waals surface area contributed by atoms with Crippen LogP contribution in [0.15, 0.2) is 58.3 Å². The molecule has 4 N–H and O–H groups in total. The zero-order valence-electron chi connectivity index (χ0n) is 15.6. The summed E-state index contributed by atoms with van der Waals surface area (Å²) in [5, 5.41) is 17.6. The Bertz CT molecular complexity index is 1160. The van der Waals surface area contributed by atoms with Crippen LogP contribution < -0.4 is 10.5 Å². The first-order valence-corrected chi connectivity index (χ1v) is 11.3. The summed E-state index contributed by atoms with van der Waals surface area (Å²) >= 11 is 6.31. The monoisotopic (exact) mass is 463 g/mol. The highest BCUT2D eigenvalue weighted by Gasteiger charge is 2.38. The molecule has 1 saturated heterocycles. The van der Waals surface area contributed by atoms with Gasteiger partial charge >= 0.3 is 0 Å². The number of aromatic hydroxyl groups is 1. The van der Waals surface area contributed by atoms with Gasteiger partial charge in [0.05, 0.1) is 9.80 Å². The average molecular weight is 464 g/mol. The number of nitrogens with one attached hydrogen (secondary N) is 1. The average Bonchev–Trinajstić information content (AvgIpc) is 2.96. The summed E-state index contributed by atoms with van der Waals surface area (Å²) in [6.45, 7) is 1.53. The van der Waals surface area contributed by atoms with Crippen LogP contribution in [0, 0.1) is 0 Å². The van der Waals surface area contributed by atoms with Crippen molar-refractivity contribution < 1.29 is 23.1 Å². The van der Waals surface area contributed by atoms with Gasteiger partial charge in [-0.1, -0.05) is 42.2 Å². The molecule has 2 aromatic rings. The van der Waals surface area contributed by atoms with E-state index in [0.717, 1.165) is 11.8 Å². The minimum absolute atomic E-state index is 0.0245. The predicted molar refractivity (Wildman–Crippen MR) is 119 cm³/mol. The highest BCUT2D eigenvalue weighted by atomic mass is 32.2. The molecule has 11 heteroatoms. The van der Waals surface area contributed by atoms with Crippen molar-refractivity contribution in [2.75, 3.05) is 5.32 Å². The zero-order valence-corrected chi connectivity index (χ0v) is 18.1. The van der Waals surface area contributed by atoms with Gasteiger partial charge in [-0.05, 0) is 43.3 Å². The molecule has 30 heavy (non-hydrogen) atoms. The second-order valence-corrected chi connectivity index (χ2v) is 9.58. The number of nitrogens with two attached hydrogens (primary N) is 1. The van der Waals surface area contributed by atoms with Gasteiger partial charge in [0.15, 0.2) is 0 Å². The molecule has 3 rings (SSSR count). The van der Waals surface area contributed by atoms with Gasteiger partial charge in [0.1, 0.15) is 16.1 Å². The molecule has 156 valence electrons. The van der Waals surface area contributed by atoms with Crippen molar-refractivity contribution >= 4 is 61.9 Å². The molecule has 0 saturated carbocycles. The van der Waals surface area contributed by atoms with Crippen molar-refractivity contribution in [1.82, 2.24) is 4.90 Å². The Balaban J connectivity index is 1.75. The van der Waals surface area contributed by atoms with Gasteiger partial charge in [0.25, 0.3) is 5.91 Å². The molecule has 0 spiro atoms. The zero-order chi connectivity index (χ0) is 22.1. The van der Waals surface area contributed by atoms with E-state index in [-0.39, 0.29) is 15.0 Å². The minimum atomic E-state index is -3.84. The number of phenolic OH excluding ortho intramolecular Hbond substituents is 1. The summed E-state index contributed by atoms with van der Waals surface area (Å²) in [5.41, 5.74) is 0.805. The van der Waals surface area contributed by atoms with Crippen LogP contribution >= 0.6 is 24.0 Å². The first-order valence-electron chi connectivity index (χ1n) is 8.56. The smallest absolute Gasteiger partial charge is 0.266 e. The first-order chi connectivity index (χ1) is 14.1. The largest absolute Gasteiger partial charge is 0.507 e. The second-order valence-electron chi connectivity index (χ2n) is 6.35. The number of carbonyl (C=O) groups is 2. The molecular formula is C19H17N3O5S3. The predicted octanol–water partition coefficient (Wildman–Crippen LogP) is 2.27. The van der Waals surface area contributed by atoms with Gasteiger partial charge in [-0.3, -0.25) is 14.5 Å². The highest BCUT2D eigenvalue weighted by Crippen LogP contribution is 2.35. The Hall–Kier alpha value is -2.73. The molecule has 1 atom stereocenters. The van der Waals surface area contributed by atoms with E-state index in [1.165, 1.54) is 48.2 Å². The fraction of sp³-hybridized carbons (Fsp3) is 0.105. The van der Waals surface area contributed by atoms with E-state index in [9.17, 15) is 23.1 Å². The van der Waals surface area contributed by atoms with Crippen LogP contribution in [-0.4, -0.2) is 40.6 Å². The summed E-state index contributed by atoms with van der Waals surface area (Å²) in [5.74, 6) is -0.921. The molecule has 0 radical (unpaired) electrons. The van der Waals surface area contributed by atoms with E-state index in [0.29, 0.717) is 16.2 Å². The lowest BCUT2D eigenvalue weighted by Gasteiger charge is -2.22. The van der Waals surface area contributed by atoms with Gasteiger partial charge in [0.2, 0.25) is 15.9 Å². The number of thiocarbonyl (C=S) groups is 1. The number of benzene rings is 2. The molecule has 1 unspecified atom stereocenters. The van der Waals surface area contributed by atoms with Crippen LogP contribution in [-0.2, 0) is 19.6 Å². The van der Waals surface area contributed by atoms with E-state index in [2.05, 4.69) is 5.32 Å². The molecule has 2 amide bonds. The molecular weight excluding hydrogens is 446 g/mol. The quantitative estimate of drug-likeness (QED) is 0.458. The third kappa shape index (κ3) is 4.70. The Morgan fingerprint density at radius 2 is 1.87 bits per heavy atom. The molecule has 0 aliphatic carbocycles.